The molecule has 2 aliphatic carbocycles. The zero-order valence-corrected chi connectivity index (χ0v) is 19.4. The van der Waals surface area contributed by atoms with E-state index in [1.54, 1.807) is 0 Å². The van der Waals surface area contributed by atoms with Crippen LogP contribution in [-0.4, -0.2) is 0 Å². The van der Waals surface area contributed by atoms with Crippen LogP contribution in [0.5, 0.6) is 0 Å². The van der Waals surface area contributed by atoms with Gasteiger partial charge in [0.2, 0.25) is 0 Å². The van der Waals surface area contributed by atoms with Gasteiger partial charge in [0, 0.05) is 5.56 Å². The minimum atomic E-state index is -5.15. The van der Waals surface area contributed by atoms with Crippen LogP contribution in [0.1, 0.15) is 79.5 Å². The molecule has 0 N–H and O–H groups in total. The van der Waals surface area contributed by atoms with E-state index in [2.05, 4.69) is 18.4 Å². The molecule has 4 unspecified atom stereocenters. The lowest BCUT2D eigenvalue weighted by Gasteiger charge is -2.42. The number of halogens is 6. The summed E-state index contributed by atoms with van der Waals surface area (Å²) in [5.41, 5.74) is -1.30. The highest BCUT2D eigenvalue weighted by Gasteiger charge is 2.38. The van der Waals surface area contributed by atoms with E-state index in [0.717, 1.165) is 43.1 Å². The SMILES string of the molecule is C=CCCC1CCC2CC(c3ccc(C#Cc4cc(F)c(C(F)(F)F)c(F)c4)c(F)c3)CCC2C1. The summed E-state index contributed by atoms with van der Waals surface area (Å²) in [6.45, 7) is 3.82. The second-order valence-corrected chi connectivity index (χ2v) is 9.88. The van der Waals surface area contributed by atoms with Crippen LogP contribution in [0.15, 0.2) is 43.0 Å². The smallest absolute Gasteiger partial charge is 0.206 e. The summed E-state index contributed by atoms with van der Waals surface area (Å²) >= 11 is 0. The number of rotatable bonds is 4. The number of alkyl halides is 3. The van der Waals surface area contributed by atoms with E-state index in [4.69, 9.17) is 0 Å². The standard InChI is InChI=1S/C29H28F6/c1-2-3-4-18-5-8-22-16-23(12-11-21(22)13-18)24-10-9-20(25(30)17-24)7-6-19-14-26(31)28(27(32)15-19)29(33,34)35/h2,9-10,14-15,17-18,21-23H,1,3-5,8,11-13,16H2. The van der Waals surface area contributed by atoms with Crippen LogP contribution in [0.3, 0.4) is 0 Å². The van der Waals surface area contributed by atoms with Gasteiger partial charge in [-0.05, 0) is 98.4 Å². The van der Waals surface area contributed by atoms with Crippen LogP contribution in [0, 0.1) is 47.0 Å². The molecule has 4 rings (SSSR count). The Hall–Kier alpha value is -2.68. The van der Waals surface area contributed by atoms with E-state index in [9.17, 15) is 26.3 Å². The summed E-state index contributed by atoms with van der Waals surface area (Å²) in [5.74, 6) is 3.31. The van der Waals surface area contributed by atoms with Crippen LogP contribution in [0.2, 0.25) is 0 Å². The molecule has 0 amide bonds. The summed E-state index contributed by atoms with van der Waals surface area (Å²) in [7, 11) is 0. The minimum absolute atomic E-state index is 0.0332. The zero-order valence-electron chi connectivity index (χ0n) is 19.4. The largest absolute Gasteiger partial charge is 0.422 e. The first-order valence-electron chi connectivity index (χ1n) is 12.1. The molecule has 0 saturated heterocycles. The number of benzene rings is 2. The van der Waals surface area contributed by atoms with Crippen molar-refractivity contribution in [2.24, 2.45) is 17.8 Å². The van der Waals surface area contributed by atoms with Crippen molar-refractivity contribution < 1.29 is 26.3 Å². The first-order valence-corrected chi connectivity index (χ1v) is 12.1. The fourth-order valence-electron chi connectivity index (χ4n) is 5.85. The van der Waals surface area contributed by atoms with Crippen molar-refractivity contribution in [2.45, 2.75) is 63.5 Å². The Morgan fingerprint density at radius 3 is 2.20 bits per heavy atom. The summed E-state index contributed by atoms with van der Waals surface area (Å²) in [6.07, 6.45) is 6.09. The maximum atomic E-state index is 14.8. The molecule has 2 aliphatic rings. The molecule has 6 heteroatoms. The number of allylic oxidation sites excluding steroid dienone is 1. The molecule has 35 heavy (non-hydrogen) atoms. The monoisotopic (exact) mass is 490 g/mol. The average Bonchev–Trinajstić information content (AvgIpc) is 2.80. The third kappa shape index (κ3) is 5.94. The third-order valence-electron chi connectivity index (χ3n) is 7.63. The molecule has 0 spiro atoms. The Labute approximate surface area is 202 Å². The first-order chi connectivity index (χ1) is 16.7. The van der Waals surface area contributed by atoms with Crippen LogP contribution < -0.4 is 0 Å². The van der Waals surface area contributed by atoms with Gasteiger partial charge in [-0.2, -0.15) is 13.2 Å². The maximum absolute atomic E-state index is 14.8. The first kappa shape index (κ1) is 25.4. The third-order valence-corrected chi connectivity index (χ3v) is 7.63. The highest BCUT2D eigenvalue weighted by atomic mass is 19.4. The molecule has 0 bridgehead atoms. The molecular formula is C29H28F6. The van der Waals surface area contributed by atoms with Gasteiger partial charge >= 0.3 is 6.18 Å². The van der Waals surface area contributed by atoms with Crippen molar-refractivity contribution in [3.8, 4) is 11.8 Å². The van der Waals surface area contributed by atoms with Crippen LogP contribution in [0.4, 0.5) is 26.3 Å². The molecule has 186 valence electrons. The molecule has 0 radical (unpaired) electrons. The van der Waals surface area contributed by atoms with E-state index >= 15 is 0 Å². The van der Waals surface area contributed by atoms with Gasteiger partial charge in [-0.15, -0.1) is 6.58 Å². The summed E-state index contributed by atoms with van der Waals surface area (Å²) < 4.78 is 80.5. The molecule has 2 aromatic rings. The average molecular weight is 491 g/mol. The van der Waals surface area contributed by atoms with E-state index in [-0.39, 0.29) is 17.0 Å². The van der Waals surface area contributed by atoms with Crippen molar-refractivity contribution in [3.63, 3.8) is 0 Å². The second-order valence-electron chi connectivity index (χ2n) is 9.88. The van der Waals surface area contributed by atoms with Crippen molar-refractivity contribution >= 4 is 0 Å². The minimum Gasteiger partial charge on any atom is -0.206 e. The lowest BCUT2D eigenvalue weighted by Crippen LogP contribution is -2.30. The predicted molar refractivity (Wildman–Crippen MR) is 124 cm³/mol. The highest BCUT2D eigenvalue weighted by Crippen LogP contribution is 2.48. The van der Waals surface area contributed by atoms with Crippen LogP contribution in [-0.2, 0) is 6.18 Å². The van der Waals surface area contributed by atoms with Gasteiger partial charge in [0.25, 0.3) is 0 Å². The van der Waals surface area contributed by atoms with Crippen molar-refractivity contribution in [3.05, 3.63) is 82.7 Å². The molecule has 0 aliphatic heterocycles. The van der Waals surface area contributed by atoms with E-state index in [1.165, 1.54) is 37.8 Å². The Bertz CT molecular complexity index is 1110. The molecule has 4 atom stereocenters. The van der Waals surface area contributed by atoms with Crippen LogP contribution >= 0.6 is 0 Å². The lowest BCUT2D eigenvalue weighted by molar-refractivity contribution is -0.142. The fourth-order valence-corrected chi connectivity index (χ4v) is 5.85. The summed E-state index contributed by atoms with van der Waals surface area (Å²) in [4.78, 5) is 0. The fraction of sp³-hybridized carbons (Fsp3) is 0.448. The van der Waals surface area contributed by atoms with Gasteiger partial charge in [0.15, 0.2) is 0 Å². The van der Waals surface area contributed by atoms with Gasteiger partial charge in [0.05, 0.1) is 5.56 Å². The number of hydrogen-bond acceptors (Lipinski definition) is 0. The summed E-state index contributed by atoms with van der Waals surface area (Å²) in [6, 6.07) is 5.86. The van der Waals surface area contributed by atoms with Crippen molar-refractivity contribution in [1.82, 2.24) is 0 Å². The van der Waals surface area contributed by atoms with Gasteiger partial charge in [0.1, 0.15) is 23.0 Å². The number of fused-ring (bicyclic) bond motifs is 1. The van der Waals surface area contributed by atoms with E-state index in [0.29, 0.717) is 18.1 Å². The molecule has 2 fully saturated rings. The predicted octanol–water partition coefficient (Wildman–Crippen LogP) is 8.79. The molecule has 0 nitrogen and oxygen atoms in total. The van der Waals surface area contributed by atoms with Gasteiger partial charge < -0.3 is 0 Å². The normalized spacial score (nSPS) is 24.3. The van der Waals surface area contributed by atoms with Crippen molar-refractivity contribution in [2.75, 3.05) is 0 Å². The number of hydrogen-bond donors (Lipinski definition) is 0. The highest BCUT2D eigenvalue weighted by molar-refractivity contribution is 5.46. The molecule has 0 heterocycles. The Kier molecular flexibility index (Phi) is 7.64. The maximum Gasteiger partial charge on any atom is 0.422 e. The molecule has 2 aromatic carbocycles. The molecule has 0 aromatic heterocycles. The van der Waals surface area contributed by atoms with Crippen molar-refractivity contribution in [1.29, 1.82) is 0 Å². The topological polar surface area (TPSA) is 0 Å². The van der Waals surface area contributed by atoms with Gasteiger partial charge in [-0.25, -0.2) is 13.2 Å². The zero-order chi connectivity index (χ0) is 25.2. The lowest BCUT2D eigenvalue weighted by atomic mass is 9.63. The van der Waals surface area contributed by atoms with Gasteiger partial charge in [-0.1, -0.05) is 30.4 Å². The molecule has 2 saturated carbocycles. The Balaban J connectivity index is 1.44. The summed E-state index contributed by atoms with van der Waals surface area (Å²) in [5, 5.41) is 0. The Morgan fingerprint density at radius 1 is 0.857 bits per heavy atom. The Morgan fingerprint density at radius 2 is 1.54 bits per heavy atom. The van der Waals surface area contributed by atoms with Gasteiger partial charge in [-0.3, -0.25) is 0 Å². The van der Waals surface area contributed by atoms with E-state index < -0.39 is 29.2 Å². The molecular weight excluding hydrogens is 462 g/mol. The second kappa shape index (κ2) is 10.5. The van der Waals surface area contributed by atoms with Crippen LogP contribution in [0.25, 0.3) is 0 Å². The quantitative estimate of drug-likeness (QED) is 0.228. The van der Waals surface area contributed by atoms with E-state index in [1.807, 2.05) is 12.1 Å².